The Bertz CT molecular complexity index is 1360. The SMILES string of the molecule is C=C(C)C(=O)Oc1c2c(c(OC(=O)C(=C)C)c3ccccc13)C(Sc1ccc(Cl)cc1)C=CC2. The van der Waals surface area contributed by atoms with Crippen LogP contribution >= 0.6 is 23.4 Å². The number of benzene rings is 3. The summed E-state index contributed by atoms with van der Waals surface area (Å²) >= 11 is 7.65. The molecule has 0 saturated heterocycles. The van der Waals surface area contributed by atoms with Crippen molar-refractivity contribution in [2.24, 2.45) is 0 Å². The molecule has 0 N–H and O–H groups in total. The molecule has 0 amide bonds. The lowest BCUT2D eigenvalue weighted by molar-refractivity contribution is -0.131. The van der Waals surface area contributed by atoms with E-state index in [2.05, 4.69) is 19.2 Å². The molecule has 34 heavy (non-hydrogen) atoms. The van der Waals surface area contributed by atoms with E-state index in [0.29, 0.717) is 44.9 Å². The van der Waals surface area contributed by atoms with Crippen LogP contribution in [0.1, 0.15) is 30.2 Å². The van der Waals surface area contributed by atoms with Crippen LogP contribution in [0.25, 0.3) is 10.8 Å². The molecule has 0 heterocycles. The number of thioether (sulfide) groups is 1. The van der Waals surface area contributed by atoms with Gasteiger partial charge < -0.3 is 9.47 Å². The van der Waals surface area contributed by atoms with Crippen LogP contribution in [0.4, 0.5) is 0 Å². The first kappa shape index (κ1) is 23.9. The highest BCUT2D eigenvalue weighted by molar-refractivity contribution is 7.99. The molecule has 4 nitrogen and oxygen atoms in total. The number of carbonyl (C=O) groups is 2. The Morgan fingerprint density at radius 1 is 0.912 bits per heavy atom. The van der Waals surface area contributed by atoms with Gasteiger partial charge in [-0.3, -0.25) is 0 Å². The Balaban J connectivity index is 1.95. The number of esters is 2. The van der Waals surface area contributed by atoms with Gasteiger partial charge >= 0.3 is 11.9 Å². The fourth-order valence-corrected chi connectivity index (χ4v) is 4.97. The number of allylic oxidation sites excluding steroid dienone is 1. The number of hydrogen-bond acceptors (Lipinski definition) is 5. The zero-order valence-corrected chi connectivity index (χ0v) is 20.5. The third-order valence-corrected chi connectivity index (χ3v) is 6.78. The number of rotatable bonds is 6. The minimum Gasteiger partial charge on any atom is -0.422 e. The minimum atomic E-state index is -0.510. The van der Waals surface area contributed by atoms with Crippen molar-refractivity contribution in [2.45, 2.75) is 30.4 Å². The Morgan fingerprint density at radius 2 is 1.47 bits per heavy atom. The summed E-state index contributed by atoms with van der Waals surface area (Å²) in [4.78, 5) is 26.2. The average molecular weight is 491 g/mol. The Hall–Kier alpha value is -3.28. The number of halogens is 1. The average Bonchev–Trinajstić information content (AvgIpc) is 2.82. The van der Waals surface area contributed by atoms with Crippen molar-refractivity contribution in [1.82, 2.24) is 0 Å². The van der Waals surface area contributed by atoms with Crippen molar-refractivity contribution in [2.75, 3.05) is 0 Å². The standard InChI is InChI=1S/C28H23ClO4S/c1-16(2)27(30)32-25-20-8-5-6-9-21(20)26(33-28(31)17(3)4)24-22(25)10-7-11-23(24)34-19-14-12-18(29)13-15-19/h5-9,11-15,23H,1,3,10H2,2,4H3. The van der Waals surface area contributed by atoms with Gasteiger partial charge in [-0.1, -0.05) is 61.2 Å². The molecule has 1 aliphatic rings. The number of hydrogen-bond donors (Lipinski definition) is 0. The normalized spacial score (nSPS) is 14.4. The summed E-state index contributed by atoms with van der Waals surface area (Å²) in [6.07, 6.45) is 4.63. The molecule has 4 rings (SSSR count). The van der Waals surface area contributed by atoms with Crippen LogP contribution in [-0.4, -0.2) is 11.9 Å². The topological polar surface area (TPSA) is 52.6 Å². The number of ether oxygens (including phenoxy) is 2. The van der Waals surface area contributed by atoms with Gasteiger partial charge in [-0.05, 0) is 44.5 Å². The molecule has 0 radical (unpaired) electrons. The lowest BCUT2D eigenvalue weighted by Gasteiger charge is -2.27. The lowest BCUT2D eigenvalue weighted by Crippen LogP contribution is -2.16. The Morgan fingerprint density at radius 3 is 2.06 bits per heavy atom. The van der Waals surface area contributed by atoms with Gasteiger partial charge in [-0.2, -0.15) is 0 Å². The fourth-order valence-electron chi connectivity index (χ4n) is 3.70. The van der Waals surface area contributed by atoms with Crippen LogP contribution in [0.3, 0.4) is 0 Å². The highest BCUT2D eigenvalue weighted by atomic mass is 35.5. The van der Waals surface area contributed by atoms with Gasteiger partial charge in [0.25, 0.3) is 0 Å². The second-order valence-corrected chi connectivity index (χ2v) is 9.71. The summed E-state index contributed by atoms with van der Waals surface area (Å²) in [5.41, 5.74) is 2.19. The molecule has 0 aliphatic heterocycles. The summed E-state index contributed by atoms with van der Waals surface area (Å²) in [6, 6.07) is 15.0. The molecule has 0 saturated carbocycles. The van der Waals surface area contributed by atoms with Gasteiger partial charge in [0.15, 0.2) is 0 Å². The van der Waals surface area contributed by atoms with E-state index in [1.165, 1.54) is 0 Å². The first-order chi connectivity index (χ1) is 16.3. The lowest BCUT2D eigenvalue weighted by atomic mass is 9.90. The van der Waals surface area contributed by atoms with Crippen LogP contribution in [0, 0.1) is 0 Å². The van der Waals surface area contributed by atoms with Crippen LogP contribution < -0.4 is 9.47 Å². The second kappa shape index (κ2) is 9.92. The third-order valence-electron chi connectivity index (χ3n) is 5.34. The highest BCUT2D eigenvalue weighted by Crippen LogP contribution is 2.51. The van der Waals surface area contributed by atoms with E-state index in [4.69, 9.17) is 21.1 Å². The van der Waals surface area contributed by atoms with E-state index in [0.717, 1.165) is 16.0 Å². The molecule has 0 aromatic heterocycles. The van der Waals surface area contributed by atoms with Crippen molar-refractivity contribution in [3.05, 3.63) is 101 Å². The van der Waals surface area contributed by atoms with Crippen molar-refractivity contribution < 1.29 is 19.1 Å². The van der Waals surface area contributed by atoms with Gasteiger partial charge in [0.1, 0.15) is 11.5 Å². The van der Waals surface area contributed by atoms with Gasteiger partial charge in [-0.25, -0.2) is 9.59 Å². The maximum Gasteiger partial charge on any atom is 0.338 e. The molecule has 0 bridgehead atoms. The zero-order chi connectivity index (χ0) is 24.4. The maximum atomic E-state index is 12.6. The quantitative estimate of drug-likeness (QED) is 0.156. The summed E-state index contributed by atoms with van der Waals surface area (Å²) < 4.78 is 11.8. The monoisotopic (exact) mass is 490 g/mol. The molecule has 1 atom stereocenters. The molecule has 3 aromatic rings. The fraction of sp³-hybridized carbons (Fsp3) is 0.143. The Labute approximate surface area is 207 Å². The highest BCUT2D eigenvalue weighted by Gasteiger charge is 2.30. The molecular weight excluding hydrogens is 468 g/mol. The van der Waals surface area contributed by atoms with Crippen LogP contribution in [0.15, 0.2) is 89.9 Å². The number of fused-ring (bicyclic) bond motifs is 2. The summed E-state index contributed by atoms with van der Waals surface area (Å²) in [6.45, 7) is 10.7. The molecule has 0 spiro atoms. The first-order valence-corrected chi connectivity index (χ1v) is 11.9. The van der Waals surface area contributed by atoms with Crippen LogP contribution in [-0.2, 0) is 16.0 Å². The van der Waals surface area contributed by atoms with Crippen LogP contribution in [0.5, 0.6) is 11.5 Å². The van der Waals surface area contributed by atoms with E-state index in [9.17, 15) is 9.59 Å². The summed E-state index contributed by atoms with van der Waals surface area (Å²) in [5, 5.41) is 1.83. The number of carbonyl (C=O) groups excluding carboxylic acids is 2. The minimum absolute atomic E-state index is 0.190. The van der Waals surface area contributed by atoms with Crippen molar-refractivity contribution in [3.63, 3.8) is 0 Å². The smallest absolute Gasteiger partial charge is 0.338 e. The largest absolute Gasteiger partial charge is 0.422 e. The van der Waals surface area contributed by atoms with Crippen molar-refractivity contribution in [3.8, 4) is 11.5 Å². The van der Waals surface area contributed by atoms with Gasteiger partial charge in [-0.15, -0.1) is 11.8 Å². The maximum absolute atomic E-state index is 12.6. The molecule has 3 aromatic carbocycles. The second-order valence-electron chi connectivity index (χ2n) is 8.06. The van der Waals surface area contributed by atoms with Crippen molar-refractivity contribution >= 4 is 46.1 Å². The predicted octanol–water partition coefficient (Wildman–Crippen LogP) is 7.40. The van der Waals surface area contributed by atoms with Gasteiger partial charge in [0.2, 0.25) is 0 Å². The molecule has 0 fully saturated rings. The third kappa shape index (κ3) is 4.81. The van der Waals surface area contributed by atoms with E-state index >= 15 is 0 Å². The Kier molecular flexibility index (Phi) is 6.96. The molecule has 1 aliphatic carbocycles. The van der Waals surface area contributed by atoms with E-state index in [1.54, 1.807) is 25.6 Å². The van der Waals surface area contributed by atoms with Gasteiger partial charge in [0.05, 0.1) is 5.25 Å². The van der Waals surface area contributed by atoms with Crippen molar-refractivity contribution in [1.29, 1.82) is 0 Å². The van der Waals surface area contributed by atoms with E-state index in [1.807, 2.05) is 54.6 Å². The molecular formula is C28H23ClO4S. The van der Waals surface area contributed by atoms with Gasteiger partial charge in [0, 0.05) is 43.0 Å². The molecule has 6 heteroatoms. The molecule has 1 unspecified atom stereocenters. The first-order valence-electron chi connectivity index (χ1n) is 10.7. The van der Waals surface area contributed by atoms with E-state index in [-0.39, 0.29) is 5.25 Å². The predicted molar refractivity (Wildman–Crippen MR) is 138 cm³/mol. The van der Waals surface area contributed by atoms with E-state index < -0.39 is 11.9 Å². The zero-order valence-electron chi connectivity index (χ0n) is 18.9. The van der Waals surface area contributed by atoms with Crippen LogP contribution in [0.2, 0.25) is 5.02 Å². The molecule has 172 valence electrons. The summed E-state index contributed by atoms with van der Waals surface area (Å²) in [7, 11) is 0. The summed E-state index contributed by atoms with van der Waals surface area (Å²) in [5.74, 6) is -0.108.